The summed E-state index contributed by atoms with van der Waals surface area (Å²) in [6.07, 6.45) is 0. The summed E-state index contributed by atoms with van der Waals surface area (Å²) in [5.74, 6) is -0.400. The Bertz CT molecular complexity index is 1090. The lowest BCUT2D eigenvalue weighted by atomic mass is 10.1. The van der Waals surface area contributed by atoms with Crippen LogP contribution < -0.4 is 15.7 Å². The number of nitrogens with one attached hydrogen (secondary N) is 1. The van der Waals surface area contributed by atoms with Crippen LogP contribution in [0, 0.1) is 5.82 Å². The van der Waals surface area contributed by atoms with Gasteiger partial charge in [-0.05, 0) is 41.9 Å². The van der Waals surface area contributed by atoms with Gasteiger partial charge >= 0.3 is 5.63 Å². The number of halogens is 1. The molecule has 6 nitrogen and oxygen atoms in total. The van der Waals surface area contributed by atoms with E-state index in [0.717, 1.165) is 16.5 Å². The van der Waals surface area contributed by atoms with Crippen molar-refractivity contribution in [3.63, 3.8) is 0 Å². The van der Waals surface area contributed by atoms with Crippen LogP contribution in [0.15, 0.2) is 51.7 Å². The molecule has 0 spiro atoms. The van der Waals surface area contributed by atoms with E-state index < -0.39 is 11.4 Å². The Morgan fingerprint density at radius 3 is 2.62 bits per heavy atom. The van der Waals surface area contributed by atoms with E-state index in [9.17, 15) is 14.0 Å². The maximum Gasteiger partial charge on any atom is 0.336 e. The van der Waals surface area contributed by atoms with Crippen molar-refractivity contribution in [3.05, 3.63) is 69.8 Å². The number of hydrogen-bond acceptors (Lipinski definition) is 5. The third-order valence-electron chi connectivity index (χ3n) is 4.61. The fraction of sp³-hybridized carbons (Fsp3) is 0.273. The fourth-order valence-corrected chi connectivity index (χ4v) is 3.23. The van der Waals surface area contributed by atoms with Crippen LogP contribution >= 0.6 is 0 Å². The predicted molar refractivity (Wildman–Crippen MR) is 110 cm³/mol. The van der Waals surface area contributed by atoms with Gasteiger partial charge in [-0.1, -0.05) is 13.0 Å². The fourth-order valence-electron chi connectivity index (χ4n) is 3.23. The maximum absolute atomic E-state index is 14.0. The highest BCUT2D eigenvalue weighted by Crippen LogP contribution is 2.24. The number of benzene rings is 2. The Labute approximate surface area is 167 Å². The second-order valence-corrected chi connectivity index (χ2v) is 6.75. The van der Waals surface area contributed by atoms with Crippen molar-refractivity contribution in [2.75, 3.05) is 19.0 Å². The summed E-state index contributed by atoms with van der Waals surface area (Å²) >= 11 is 0. The number of methoxy groups -OCH3 is 1. The molecule has 0 aliphatic heterocycles. The van der Waals surface area contributed by atoms with Crippen molar-refractivity contribution in [1.29, 1.82) is 0 Å². The van der Waals surface area contributed by atoms with Gasteiger partial charge < -0.3 is 14.5 Å². The molecular formula is C22H23FN2O4. The lowest BCUT2D eigenvalue weighted by Gasteiger charge is -2.21. The van der Waals surface area contributed by atoms with Gasteiger partial charge in [0.2, 0.25) is 5.91 Å². The Morgan fingerprint density at radius 1 is 1.17 bits per heavy atom. The third kappa shape index (κ3) is 5.00. The van der Waals surface area contributed by atoms with Gasteiger partial charge in [-0.15, -0.1) is 0 Å². The molecule has 1 amide bonds. The van der Waals surface area contributed by atoms with Crippen molar-refractivity contribution in [1.82, 2.24) is 4.90 Å². The number of hydrogen-bond donors (Lipinski definition) is 1. The number of anilines is 1. The molecule has 0 bridgehead atoms. The number of nitrogens with zero attached hydrogens (tertiary/aromatic N) is 1. The van der Waals surface area contributed by atoms with Crippen LogP contribution in [-0.2, 0) is 17.9 Å². The van der Waals surface area contributed by atoms with Crippen molar-refractivity contribution in [3.8, 4) is 5.75 Å². The van der Waals surface area contributed by atoms with E-state index in [1.165, 1.54) is 26.2 Å². The summed E-state index contributed by atoms with van der Waals surface area (Å²) < 4.78 is 24.3. The van der Waals surface area contributed by atoms with Crippen molar-refractivity contribution >= 4 is 22.6 Å². The van der Waals surface area contributed by atoms with E-state index in [2.05, 4.69) is 10.2 Å². The molecule has 0 radical (unpaired) electrons. The minimum atomic E-state index is -0.459. The number of fused-ring (bicyclic) bond motifs is 1. The lowest BCUT2D eigenvalue weighted by molar-refractivity contribution is -0.114. The molecule has 3 rings (SSSR count). The summed E-state index contributed by atoms with van der Waals surface area (Å²) in [5.41, 5.74) is 2.13. The van der Waals surface area contributed by atoms with Crippen molar-refractivity contribution in [2.45, 2.75) is 26.9 Å². The van der Waals surface area contributed by atoms with Crippen molar-refractivity contribution < 1.29 is 18.3 Å². The highest BCUT2D eigenvalue weighted by Gasteiger charge is 2.13. The van der Waals surface area contributed by atoms with Gasteiger partial charge in [0.1, 0.15) is 5.58 Å². The molecule has 0 atom stereocenters. The third-order valence-corrected chi connectivity index (χ3v) is 4.61. The largest absolute Gasteiger partial charge is 0.494 e. The van der Waals surface area contributed by atoms with E-state index in [0.29, 0.717) is 30.9 Å². The highest BCUT2D eigenvalue weighted by molar-refractivity contribution is 5.92. The van der Waals surface area contributed by atoms with Gasteiger partial charge in [0.05, 0.1) is 7.11 Å². The Balaban J connectivity index is 1.87. The molecule has 1 heterocycles. The van der Waals surface area contributed by atoms with E-state index >= 15 is 0 Å². The molecule has 0 saturated carbocycles. The minimum absolute atomic E-state index is 0.202. The van der Waals surface area contributed by atoms with Crippen LogP contribution in [0.4, 0.5) is 10.1 Å². The quantitative estimate of drug-likeness (QED) is 0.611. The average Bonchev–Trinajstić information content (AvgIpc) is 2.66. The minimum Gasteiger partial charge on any atom is -0.494 e. The lowest BCUT2D eigenvalue weighted by Crippen LogP contribution is -2.23. The summed E-state index contributed by atoms with van der Waals surface area (Å²) in [4.78, 5) is 25.4. The SMILES string of the molecule is CCN(Cc1ccc(OC)c(F)c1)Cc1cc(=O)oc2cc(NC(C)=O)ccc12. The molecule has 0 saturated heterocycles. The summed E-state index contributed by atoms with van der Waals surface area (Å²) in [6, 6.07) is 11.6. The molecule has 3 aromatic rings. The maximum atomic E-state index is 14.0. The van der Waals surface area contributed by atoms with E-state index in [4.69, 9.17) is 9.15 Å². The zero-order valence-corrected chi connectivity index (χ0v) is 16.6. The first-order chi connectivity index (χ1) is 13.9. The Kier molecular flexibility index (Phi) is 6.29. The Hall–Kier alpha value is -3.19. The standard InChI is InChI=1S/C22H23FN2O4/c1-4-25(12-15-5-8-20(28-3)19(23)9-15)13-16-10-22(27)29-21-11-17(24-14(2)26)6-7-18(16)21/h5-11H,4,12-13H2,1-3H3,(H,24,26). The van der Waals surface area contributed by atoms with E-state index in [1.54, 1.807) is 18.2 Å². The summed E-state index contributed by atoms with van der Waals surface area (Å²) in [7, 11) is 1.43. The average molecular weight is 398 g/mol. The second kappa shape index (κ2) is 8.87. The first kappa shape index (κ1) is 20.5. The normalized spacial score (nSPS) is 11.1. The van der Waals surface area contributed by atoms with Crippen LogP contribution in [0.3, 0.4) is 0 Å². The molecule has 0 unspecified atom stereocenters. The number of rotatable bonds is 7. The molecule has 0 aliphatic rings. The van der Waals surface area contributed by atoms with Gasteiger partial charge in [0, 0.05) is 43.2 Å². The van der Waals surface area contributed by atoms with Crippen LogP contribution in [0.2, 0.25) is 0 Å². The molecule has 152 valence electrons. The molecule has 29 heavy (non-hydrogen) atoms. The van der Waals surface area contributed by atoms with Crippen LogP contribution in [-0.4, -0.2) is 24.5 Å². The number of carbonyl (C=O) groups is 1. The molecule has 1 aromatic heterocycles. The number of ether oxygens (including phenoxy) is 1. The van der Waals surface area contributed by atoms with Crippen LogP contribution in [0.1, 0.15) is 25.0 Å². The van der Waals surface area contributed by atoms with Crippen molar-refractivity contribution in [2.24, 2.45) is 0 Å². The summed E-state index contributed by atoms with van der Waals surface area (Å²) in [6.45, 7) is 5.13. The molecule has 0 fully saturated rings. The number of carbonyl (C=O) groups excluding carboxylic acids is 1. The molecule has 7 heteroatoms. The summed E-state index contributed by atoms with van der Waals surface area (Å²) in [5, 5.41) is 3.47. The van der Waals surface area contributed by atoms with Gasteiger partial charge in [-0.3, -0.25) is 9.69 Å². The Morgan fingerprint density at radius 2 is 1.97 bits per heavy atom. The zero-order valence-electron chi connectivity index (χ0n) is 16.6. The molecule has 1 N–H and O–H groups in total. The van der Waals surface area contributed by atoms with Gasteiger partial charge in [0.25, 0.3) is 0 Å². The van der Waals surface area contributed by atoms with Gasteiger partial charge in [-0.2, -0.15) is 0 Å². The zero-order chi connectivity index (χ0) is 21.0. The number of amides is 1. The van der Waals surface area contributed by atoms with E-state index in [-0.39, 0.29) is 11.7 Å². The van der Waals surface area contributed by atoms with E-state index in [1.807, 2.05) is 19.1 Å². The van der Waals surface area contributed by atoms with Gasteiger partial charge in [-0.25, -0.2) is 9.18 Å². The monoisotopic (exact) mass is 398 g/mol. The van der Waals surface area contributed by atoms with Crippen LogP contribution in [0.5, 0.6) is 5.75 Å². The molecule has 0 aliphatic carbocycles. The topological polar surface area (TPSA) is 71.8 Å². The first-order valence-corrected chi connectivity index (χ1v) is 9.28. The smallest absolute Gasteiger partial charge is 0.336 e. The predicted octanol–water partition coefficient (Wildman–Crippen LogP) is 3.92. The highest BCUT2D eigenvalue weighted by atomic mass is 19.1. The second-order valence-electron chi connectivity index (χ2n) is 6.75. The molecule has 2 aromatic carbocycles. The molecular weight excluding hydrogens is 375 g/mol. The van der Waals surface area contributed by atoms with Gasteiger partial charge in [0.15, 0.2) is 11.6 Å². The van der Waals surface area contributed by atoms with Crippen LogP contribution in [0.25, 0.3) is 11.0 Å². The first-order valence-electron chi connectivity index (χ1n) is 9.28.